The third-order valence-corrected chi connectivity index (χ3v) is 2.97. The fraction of sp³-hybridized carbons (Fsp3) is 1.00. The van der Waals surface area contributed by atoms with Gasteiger partial charge in [-0.2, -0.15) is 0 Å². The molecule has 0 amide bonds. The van der Waals surface area contributed by atoms with Gasteiger partial charge in [0, 0.05) is 6.54 Å². The first kappa shape index (κ1) is 15.9. The molecular weight excluding hydrogens is 196 g/mol. The first-order valence-corrected chi connectivity index (χ1v) is 6.49. The van der Waals surface area contributed by atoms with E-state index in [1.807, 2.05) is 7.05 Å². The lowest BCUT2D eigenvalue weighted by Crippen LogP contribution is -2.32. The fourth-order valence-electron chi connectivity index (χ4n) is 1.97. The fourth-order valence-corrected chi connectivity index (χ4v) is 1.97. The minimum Gasteiger partial charge on any atom is -0.320 e. The van der Waals surface area contributed by atoms with Gasteiger partial charge in [-0.3, -0.25) is 0 Å². The van der Waals surface area contributed by atoms with Gasteiger partial charge in [0.05, 0.1) is 0 Å². The van der Waals surface area contributed by atoms with E-state index in [4.69, 9.17) is 0 Å². The molecule has 0 aromatic rings. The average molecular weight is 228 g/mol. The molecule has 0 aliphatic heterocycles. The molecule has 0 spiro atoms. The maximum absolute atomic E-state index is 3.24. The molecule has 16 heavy (non-hydrogen) atoms. The van der Waals surface area contributed by atoms with Crippen molar-refractivity contribution in [2.75, 3.05) is 33.7 Å². The monoisotopic (exact) mass is 228 g/mol. The lowest BCUT2D eigenvalue weighted by Gasteiger charge is -2.31. The molecule has 0 saturated heterocycles. The minimum atomic E-state index is 0.407. The van der Waals surface area contributed by atoms with E-state index < -0.39 is 0 Å². The quantitative estimate of drug-likeness (QED) is 0.720. The molecule has 0 unspecified atom stereocenters. The van der Waals surface area contributed by atoms with E-state index in [1.165, 1.54) is 25.9 Å². The van der Waals surface area contributed by atoms with Crippen LogP contribution in [0.5, 0.6) is 0 Å². The Balaban J connectivity index is 3.85. The summed E-state index contributed by atoms with van der Waals surface area (Å²) in [5.41, 5.74) is 0.860. The Bertz CT molecular complexity index is 180. The predicted octanol–water partition coefficient (Wildman–Crippen LogP) is 2.99. The molecule has 0 atom stereocenters. The van der Waals surface area contributed by atoms with Crippen LogP contribution in [0.15, 0.2) is 0 Å². The van der Waals surface area contributed by atoms with Gasteiger partial charge in [0.2, 0.25) is 0 Å². The lowest BCUT2D eigenvalue weighted by atomic mass is 9.85. The van der Waals surface area contributed by atoms with Crippen LogP contribution in [-0.2, 0) is 0 Å². The van der Waals surface area contributed by atoms with Gasteiger partial charge in [-0.1, -0.05) is 34.6 Å². The van der Waals surface area contributed by atoms with Crippen LogP contribution in [0.25, 0.3) is 0 Å². The summed E-state index contributed by atoms with van der Waals surface area (Å²) in [4.78, 5) is 2.46. The number of nitrogens with zero attached hydrogens (tertiary/aromatic N) is 1. The Kier molecular flexibility index (Phi) is 6.57. The second kappa shape index (κ2) is 6.61. The molecule has 0 aromatic heterocycles. The molecule has 0 radical (unpaired) electrons. The van der Waals surface area contributed by atoms with E-state index in [0.29, 0.717) is 10.8 Å². The smallest absolute Gasteiger partial charge is 0.00270 e. The highest BCUT2D eigenvalue weighted by Crippen LogP contribution is 2.25. The van der Waals surface area contributed by atoms with Gasteiger partial charge in [-0.05, 0) is 50.9 Å². The summed E-state index contributed by atoms with van der Waals surface area (Å²) in [7, 11) is 4.27. The number of rotatable bonds is 7. The van der Waals surface area contributed by atoms with Gasteiger partial charge in [-0.15, -0.1) is 0 Å². The molecule has 2 nitrogen and oxygen atoms in total. The summed E-state index contributed by atoms with van der Waals surface area (Å²) in [6.45, 7) is 15.1. The zero-order valence-electron chi connectivity index (χ0n) is 12.5. The Morgan fingerprint density at radius 1 is 1.00 bits per heavy atom. The zero-order valence-corrected chi connectivity index (χ0v) is 12.5. The number of nitrogens with one attached hydrogen (secondary N) is 1. The van der Waals surface area contributed by atoms with E-state index in [9.17, 15) is 0 Å². The average Bonchev–Trinajstić information content (AvgIpc) is 2.09. The van der Waals surface area contributed by atoms with E-state index in [2.05, 4.69) is 51.9 Å². The van der Waals surface area contributed by atoms with Crippen LogP contribution >= 0.6 is 0 Å². The number of hydrogen-bond donors (Lipinski definition) is 1. The summed E-state index contributed by atoms with van der Waals surface area (Å²) in [5.74, 6) is 0. The van der Waals surface area contributed by atoms with Crippen molar-refractivity contribution in [1.29, 1.82) is 0 Å². The molecule has 0 aromatic carbocycles. The standard InChI is InChI=1S/C14H32N2/c1-13(2,3)12-16(7)11-9-14(4,5)8-10-15-6/h15H,8-12H2,1-7H3. The second-order valence-corrected chi connectivity index (χ2v) is 7.07. The van der Waals surface area contributed by atoms with Crippen LogP contribution < -0.4 is 5.32 Å². The van der Waals surface area contributed by atoms with Crippen LogP contribution in [-0.4, -0.2) is 38.6 Å². The van der Waals surface area contributed by atoms with Crippen molar-refractivity contribution in [2.24, 2.45) is 10.8 Å². The van der Waals surface area contributed by atoms with Gasteiger partial charge >= 0.3 is 0 Å². The molecular formula is C14H32N2. The summed E-state index contributed by atoms with van der Waals surface area (Å²) < 4.78 is 0. The van der Waals surface area contributed by atoms with Gasteiger partial charge in [0.15, 0.2) is 0 Å². The molecule has 0 rings (SSSR count). The second-order valence-electron chi connectivity index (χ2n) is 7.07. The van der Waals surface area contributed by atoms with E-state index in [-0.39, 0.29) is 0 Å². The first-order chi connectivity index (χ1) is 7.16. The Morgan fingerprint density at radius 3 is 2.00 bits per heavy atom. The lowest BCUT2D eigenvalue weighted by molar-refractivity contribution is 0.188. The van der Waals surface area contributed by atoms with Crippen LogP contribution in [0.4, 0.5) is 0 Å². The van der Waals surface area contributed by atoms with Gasteiger partial charge < -0.3 is 10.2 Å². The largest absolute Gasteiger partial charge is 0.320 e. The third kappa shape index (κ3) is 9.17. The van der Waals surface area contributed by atoms with Crippen LogP contribution in [0.2, 0.25) is 0 Å². The van der Waals surface area contributed by atoms with Crippen molar-refractivity contribution in [2.45, 2.75) is 47.5 Å². The van der Waals surface area contributed by atoms with Crippen molar-refractivity contribution in [1.82, 2.24) is 10.2 Å². The molecule has 0 bridgehead atoms. The Hall–Kier alpha value is -0.0800. The Morgan fingerprint density at radius 2 is 1.56 bits per heavy atom. The zero-order chi connectivity index (χ0) is 12.8. The van der Waals surface area contributed by atoms with Crippen molar-refractivity contribution in [3.05, 3.63) is 0 Å². The van der Waals surface area contributed by atoms with Crippen LogP contribution in [0.3, 0.4) is 0 Å². The van der Waals surface area contributed by atoms with Gasteiger partial charge in [0.1, 0.15) is 0 Å². The molecule has 1 N–H and O–H groups in total. The highest BCUT2D eigenvalue weighted by Gasteiger charge is 2.19. The SMILES string of the molecule is CNCCC(C)(C)CCN(C)CC(C)(C)C. The first-order valence-electron chi connectivity index (χ1n) is 6.49. The molecule has 0 heterocycles. The van der Waals surface area contributed by atoms with Crippen molar-refractivity contribution in [3.8, 4) is 0 Å². The summed E-state index contributed by atoms with van der Waals surface area (Å²) in [5, 5.41) is 3.24. The summed E-state index contributed by atoms with van der Waals surface area (Å²) >= 11 is 0. The van der Waals surface area contributed by atoms with E-state index >= 15 is 0 Å². The Labute approximate surface area is 103 Å². The maximum Gasteiger partial charge on any atom is 0.00270 e. The van der Waals surface area contributed by atoms with Crippen molar-refractivity contribution in [3.63, 3.8) is 0 Å². The normalized spacial score (nSPS) is 13.5. The van der Waals surface area contributed by atoms with Crippen LogP contribution in [0, 0.1) is 10.8 Å². The maximum atomic E-state index is 3.24. The summed E-state index contributed by atoms with van der Waals surface area (Å²) in [6.07, 6.45) is 2.54. The molecule has 98 valence electrons. The highest BCUT2D eigenvalue weighted by molar-refractivity contribution is 4.73. The molecule has 0 aliphatic rings. The summed E-state index contributed by atoms with van der Waals surface area (Å²) in [6, 6.07) is 0. The minimum absolute atomic E-state index is 0.407. The van der Waals surface area contributed by atoms with Crippen molar-refractivity contribution < 1.29 is 0 Å². The molecule has 0 fully saturated rings. The molecule has 2 heteroatoms. The highest BCUT2D eigenvalue weighted by atomic mass is 15.1. The topological polar surface area (TPSA) is 15.3 Å². The van der Waals surface area contributed by atoms with Crippen LogP contribution in [0.1, 0.15) is 47.5 Å². The van der Waals surface area contributed by atoms with E-state index in [1.54, 1.807) is 0 Å². The molecule has 0 saturated carbocycles. The molecule has 0 aliphatic carbocycles. The van der Waals surface area contributed by atoms with Crippen molar-refractivity contribution >= 4 is 0 Å². The van der Waals surface area contributed by atoms with Gasteiger partial charge in [-0.25, -0.2) is 0 Å². The third-order valence-electron chi connectivity index (χ3n) is 2.97. The van der Waals surface area contributed by atoms with Gasteiger partial charge in [0.25, 0.3) is 0 Å². The number of hydrogen-bond acceptors (Lipinski definition) is 2. The van der Waals surface area contributed by atoms with E-state index in [0.717, 1.165) is 6.54 Å². The predicted molar refractivity (Wildman–Crippen MR) is 73.9 cm³/mol.